The Labute approximate surface area is 126 Å². The zero-order chi connectivity index (χ0) is 16.3. The molecule has 22 heavy (non-hydrogen) atoms. The lowest BCUT2D eigenvalue weighted by atomic mass is 9.96. The summed E-state index contributed by atoms with van der Waals surface area (Å²) >= 11 is 0. The highest BCUT2D eigenvalue weighted by Crippen LogP contribution is 2.25. The number of aliphatic hydroxyl groups is 1. The lowest BCUT2D eigenvalue weighted by Crippen LogP contribution is -2.25. The standard InChI is InChI=1S/C16H15NO5/c1-22-16(21)12-6-5-10(8-13(12)15(19)20)14(18)9-3-2-4-11(17)7-9/h2-8,14,18H,17H2,1H3,(H,19,20)/p-1. The molecule has 0 aliphatic rings. The van der Waals surface area contributed by atoms with Crippen LogP contribution in [0.4, 0.5) is 5.69 Å². The molecule has 6 heteroatoms. The van der Waals surface area contributed by atoms with Crippen LogP contribution in [0.3, 0.4) is 0 Å². The van der Waals surface area contributed by atoms with Crippen LogP contribution in [0.15, 0.2) is 42.5 Å². The molecule has 1 atom stereocenters. The predicted octanol–water partition coefficient (Wildman–Crippen LogP) is 0.501. The van der Waals surface area contributed by atoms with Crippen LogP contribution in [0.1, 0.15) is 37.9 Å². The maximum Gasteiger partial charge on any atom is 0.338 e. The summed E-state index contributed by atoms with van der Waals surface area (Å²) in [6, 6.07) is 10.5. The van der Waals surface area contributed by atoms with Crippen LogP contribution in [0.5, 0.6) is 0 Å². The van der Waals surface area contributed by atoms with Gasteiger partial charge < -0.3 is 25.5 Å². The molecule has 0 saturated heterocycles. The van der Waals surface area contributed by atoms with Gasteiger partial charge in [-0.25, -0.2) is 4.79 Å². The van der Waals surface area contributed by atoms with Crippen LogP contribution >= 0.6 is 0 Å². The van der Waals surface area contributed by atoms with E-state index in [9.17, 15) is 19.8 Å². The molecule has 0 amide bonds. The van der Waals surface area contributed by atoms with Gasteiger partial charge >= 0.3 is 5.97 Å². The summed E-state index contributed by atoms with van der Waals surface area (Å²) in [5, 5.41) is 21.5. The number of anilines is 1. The number of rotatable bonds is 4. The number of aromatic carboxylic acids is 1. The largest absolute Gasteiger partial charge is 0.545 e. The zero-order valence-corrected chi connectivity index (χ0v) is 11.8. The maximum atomic E-state index is 11.5. The van der Waals surface area contributed by atoms with Gasteiger partial charge in [0.05, 0.1) is 18.6 Å². The Balaban J connectivity index is 2.46. The number of carboxylic acid groups (broad SMARTS) is 1. The van der Waals surface area contributed by atoms with E-state index in [0.717, 1.165) is 7.11 Å². The van der Waals surface area contributed by atoms with E-state index in [1.54, 1.807) is 24.3 Å². The molecular formula is C16H14NO5-. The minimum atomic E-state index is -1.53. The van der Waals surface area contributed by atoms with Gasteiger partial charge in [-0.05, 0) is 35.4 Å². The molecule has 0 saturated carbocycles. The molecule has 2 rings (SSSR count). The fraction of sp³-hybridized carbons (Fsp3) is 0.125. The van der Waals surface area contributed by atoms with Gasteiger partial charge in [0.2, 0.25) is 0 Å². The molecule has 1 unspecified atom stereocenters. The number of carbonyl (C=O) groups excluding carboxylic acids is 2. The summed E-state index contributed by atoms with van der Waals surface area (Å²) < 4.78 is 4.52. The first-order chi connectivity index (χ1) is 10.4. The van der Waals surface area contributed by atoms with Gasteiger partial charge in [-0.1, -0.05) is 18.2 Å². The highest BCUT2D eigenvalue weighted by atomic mass is 16.5. The van der Waals surface area contributed by atoms with Gasteiger partial charge in [-0.3, -0.25) is 0 Å². The van der Waals surface area contributed by atoms with Crippen molar-refractivity contribution in [2.75, 3.05) is 12.8 Å². The number of hydrogen-bond acceptors (Lipinski definition) is 6. The number of nitrogens with two attached hydrogens (primary N) is 1. The van der Waals surface area contributed by atoms with Crippen molar-refractivity contribution in [3.05, 3.63) is 64.7 Å². The number of nitrogen functional groups attached to an aromatic ring is 1. The van der Waals surface area contributed by atoms with Crippen molar-refractivity contribution in [3.8, 4) is 0 Å². The normalized spacial score (nSPS) is 11.7. The van der Waals surface area contributed by atoms with E-state index in [1.807, 2.05) is 0 Å². The number of esters is 1. The number of carbonyl (C=O) groups is 2. The fourth-order valence-corrected chi connectivity index (χ4v) is 2.11. The molecule has 0 spiro atoms. The molecule has 0 aliphatic heterocycles. The third-order valence-corrected chi connectivity index (χ3v) is 3.21. The van der Waals surface area contributed by atoms with E-state index < -0.39 is 18.0 Å². The topological polar surface area (TPSA) is 113 Å². The van der Waals surface area contributed by atoms with E-state index in [1.165, 1.54) is 18.2 Å². The quantitative estimate of drug-likeness (QED) is 0.628. The molecule has 0 bridgehead atoms. The van der Waals surface area contributed by atoms with Gasteiger partial charge in [-0.2, -0.15) is 0 Å². The van der Waals surface area contributed by atoms with Crippen molar-refractivity contribution in [3.63, 3.8) is 0 Å². The second-order valence-electron chi connectivity index (χ2n) is 4.66. The zero-order valence-electron chi connectivity index (χ0n) is 11.8. The summed E-state index contributed by atoms with van der Waals surface area (Å²) in [5.74, 6) is -2.31. The second-order valence-corrected chi connectivity index (χ2v) is 4.66. The van der Waals surface area contributed by atoms with Gasteiger partial charge in [0.15, 0.2) is 0 Å². The van der Waals surface area contributed by atoms with Crippen LogP contribution in [0.2, 0.25) is 0 Å². The van der Waals surface area contributed by atoms with E-state index in [2.05, 4.69) is 4.74 Å². The number of benzene rings is 2. The molecule has 6 nitrogen and oxygen atoms in total. The van der Waals surface area contributed by atoms with Crippen molar-refractivity contribution in [1.29, 1.82) is 0 Å². The summed E-state index contributed by atoms with van der Waals surface area (Å²) in [7, 11) is 1.15. The monoisotopic (exact) mass is 300 g/mol. The molecule has 3 N–H and O–H groups in total. The first-order valence-corrected chi connectivity index (χ1v) is 6.41. The summed E-state index contributed by atoms with van der Waals surface area (Å²) in [4.78, 5) is 22.7. The average Bonchev–Trinajstić information content (AvgIpc) is 2.52. The molecule has 0 heterocycles. The Morgan fingerprint density at radius 1 is 1.14 bits per heavy atom. The number of hydrogen-bond donors (Lipinski definition) is 2. The highest BCUT2D eigenvalue weighted by molar-refractivity contribution is 6.01. The minimum absolute atomic E-state index is 0.133. The second kappa shape index (κ2) is 6.28. The lowest BCUT2D eigenvalue weighted by molar-refractivity contribution is -0.255. The highest BCUT2D eigenvalue weighted by Gasteiger charge is 2.17. The molecule has 2 aromatic carbocycles. The van der Waals surface area contributed by atoms with Crippen LogP contribution in [-0.2, 0) is 4.74 Å². The Morgan fingerprint density at radius 3 is 2.41 bits per heavy atom. The Kier molecular flexibility index (Phi) is 4.43. The molecule has 0 aromatic heterocycles. The minimum Gasteiger partial charge on any atom is -0.545 e. The third kappa shape index (κ3) is 3.07. The first kappa shape index (κ1) is 15.5. The Hall–Kier alpha value is -2.86. The fourth-order valence-electron chi connectivity index (χ4n) is 2.11. The SMILES string of the molecule is COC(=O)c1ccc(C(O)c2cccc(N)c2)cc1C(=O)[O-]. The maximum absolute atomic E-state index is 11.5. The van der Waals surface area contributed by atoms with Gasteiger partial charge in [0, 0.05) is 11.3 Å². The summed E-state index contributed by atoms with van der Waals surface area (Å²) in [5.41, 5.74) is 6.47. The smallest absolute Gasteiger partial charge is 0.338 e. The third-order valence-electron chi connectivity index (χ3n) is 3.21. The van der Waals surface area contributed by atoms with Gasteiger partial charge in [0.1, 0.15) is 6.10 Å². The van der Waals surface area contributed by atoms with Crippen LogP contribution < -0.4 is 10.8 Å². The van der Waals surface area contributed by atoms with Crippen LogP contribution in [0, 0.1) is 0 Å². The van der Waals surface area contributed by atoms with Crippen LogP contribution in [0.25, 0.3) is 0 Å². The van der Waals surface area contributed by atoms with Crippen molar-refractivity contribution >= 4 is 17.6 Å². The van der Waals surface area contributed by atoms with Gasteiger partial charge in [0.25, 0.3) is 0 Å². The van der Waals surface area contributed by atoms with Crippen molar-refractivity contribution in [1.82, 2.24) is 0 Å². The molecule has 114 valence electrons. The lowest BCUT2D eigenvalue weighted by Gasteiger charge is -2.16. The molecule has 0 radical (unpaired) electrons. The van der Waals surface area contributed by atoms with Crippen molar-refractivity contribution in [2.45, 2.75) is 6.10 Å². The van der Waals surface area contributed by atoms with Crippen molar-refractivity contribution < 1.29 is 24.5 Å². The van der Waals surface area contributed by atoms with E-state index in [0.29, 0.717) is 16.8 Å². The van der Waals surface area contributed by atoms with E-state index in [-0.39, 0.29) is 11.1 Å². The Morgan fingerprint density at radius 2 is 1.82 bits per heavy atom. The number of methoxy groups -OCH3 is 1. The van der Waals surface area contributed by atoms with Gasteiger partial charge in [-0.15, -0.1) is 0 Å². The van der Waals surface area contributed by atoms with Crippen LogP contribution in [-0.4, -0.2) is 24.2 Å². The number of aliphatic hydroxyl groups excluding tert-OH is 1. The molecule has 0 fully saturated rings. The summed E-state index contributed by atoms with van der Waals surface area (Å²) in [6.07, 6.45) is -1.08. The first-order valence-electron chi connectivity index (χ1n) is 6.41. The number of ether oxygens (including phenoxy) is 1. The summed E-state index contributed by atoms with van der Waals surface area (Å²) in [6.45, 7) is 0. The predicted molar refractivity (Wildman–Crippen MR) is 77.0 cm³/mol. The molecular weight excluding hydrogens is 286 g/mol. The van der Waals surface area contributed by atoms with E-state index >= 15 is 0 Å². The van der Waals surface area contributed by atoms with Crippen molar-refractivity contribution in [2.24, 2.45) is 0 Å². The van der Waals surface area contributed by atoms with E-state index in [4.69, 9.17) is 5.73 Å². The molecule has 2 aromatic rings. The number of carboxylic acids is 1. The average molecular weight is 300 g/mol. The Bertz CT molecular complexity index is 726. The molecule has 0 aliphatic carbocycles.